The number of ether oxygens (including phenoxy) is 6. The maximum Gasteiger partial charge on any atom is 0.308 e. The van der Waals surface area contributed by atoms with Gasteiger partial charge in [0.15, 0.2) is 28.8 Å². The van der Waals surface area contributed by atoms with Crippen LogP contribution in [-0.4, -0.2) is 39.2 Å². The average molecular weight is 486 g/mol. The number of rotatable bonds is 7. The molecule has 0 unspecified atom stereocenters. The van der Waals surface area contributed by atoms with Gasteiger partial charge in [-0.3, -0.25) is 19.2 Å². The number of fused-ring (bicyclic) bond motifs is 1. The largest absolute Gasteiger partial charge is 0.493 e. The van der Waals surface area contributed by atoms with Gasteiger partial charge in [0.2, 0.25) is 16.9 Å². The monoisotopic (exact) mass is 486 g/mol. The van der Waals surface area contributed by atoms with Crippen LogP contribution >= 0.6 is 0 Å². The molecule has 0 spiro atoms. The zero-order chi connectivity index (χ0) is 25.9. The fourth-order valence-corrected chi connectivity index (χ4v) is 3.35. The van der Waals surface area contributed by atoms with Crippen LogP contribution in [0.1, 0.15) is 20.8 Å². The molecule has 0 bridgehead atoms. The zero-order valence-electron chi connectivity index (χ0n) is 19.8. The van der Waals surface area contributed by atoms with Crippen LogP contribution in [0.15, 0.2) is 33.5 Å². The predicted molar refractivity (Wildman–Crippen MR) is 122 cm³/mol. The van der Waals surface area contributed by atoms with Gasteiger partial charge in [0.05, 0.1) is 21.3 Å². The summed E-state index contributed by atoms with van der Waals surface area (Å²) in [6.45, 7) is 3.55. The van der Waals surface area contributed by atoms with Crippen LogP contribution in [0.2, 0.25) is 0 Å². The molecular weight excluding hydrogens is 464 g/mol. The van der Waals surface area contributed by atoms with E-state index in [9.17, 15) is 19.2 Å². The van der Waals surface area contributed by atoms with E-state index >= 15 is 0 Å². The number of methoxy groups -OCH3 is 3. The number of esters is 3. The van der Waals surface area contributed by atoms with Gasteiger partial charge in [0.25, 0.3) is 0 Å². The molecule has 11 heteroatoms. The Kier molecular flexibility index (Phi) is 7.28. The first-order valence-electron chi connectivity index (χ1n) is 10.1. The van der Waals surface area contributed by atoms with E-state index in [2.05, 4.69) is 0 Å². The minimum absolute atomic E-state index is 0.00890. The summed E-state index contributed by atoms with van der Waals surface area (Å²) in [5, 5.41) is -0.169. The van der Waals surface area contributed by atoms with Crippen LogP contribution in [0.4, 0.5) is 0 Å². The third-order valence-corrected chi connectivity index (χ3v) is 4.60. The van der Waals surface area contributed by atoms with Crippen LogP contribution < -0.4 is 33.8 Å². The Labute approximate surface area is 199 Å². The van der Waals surface area contributed by atoms with Crippen molar-refractivity contribution in [3.63, 3.8) is 0 Å². The van der Waals surface area contributed by atoms with E-state index < -0.39 is 23.3 Å². The molecule has 0 aliphatic rings. The summed E-state index contributed by atoms with van der Waals surface area (Å²) in [4.78, 5) is 48.3. The minimum Gasteiger partial charge on any atom is -0.493 e. The molecule has 0 aliphatic heterocycles. The smallest absolute Gasteiger partial charge is 0.308 e. The van der Waals surface area contributed by atoms with Crippen molar-refractivity contribution in [1.82, 2.24) is 0 Å². The van der Waals surface area contributed by atoms with E-state index in [4.69, 9.17) is 32.8 Å². The second-order valence-electron chi connectivity index (χ2n) is 7.05. The van der Waals surface area contributed by atoms with Gasteiger partial charge >= 0.3 is 17.9 Å². The number of hydrogen-bond donors (Lipinski definition) is 0. The van der Waals surface area contributed by atoms with Crippen LogP contribution in [0.5, 0.6) is 34.5 Å². The SMILES string of the molecule is COc1cc(-c2oc3cc(OC(C)=O)c(OC)c(OC(C)=O)c3c(=O)c2OC)ccc1OC(C)=O. The number of benzene rings is 2. The summed E-state index contributed by atoms with van der Waals surface area (Å²) in [5.74, 6) is -2.44. The van der Waals surface area contributed by atoms with Gasteiger partial charge in [-0.25, -0.2) is 0 Å². The molecule has 3 rings (SSSR count). The fraction of sp³-hybridized carbons (Fsp3) is 0.250. The molecule has 2 aromatic carbocycles. The molecule has 3 aromatic rings. The molecule has 1 aromatic heterocycles. The Balaban J connectivity index is 2.39. The summed E-state index contributed by atoms with van der Waals surface area (Å²) in [6.07, 6.45) is 0. The normalized spacial score (nSPS) is 10.5. The Morgan fingerprint density at radius 2 is 1.29 bits per heavy atom. The van der Waals surface area contributed by atoms with Crippen molar-refractivity contribution >= 4 is 28.9 Å². The van der Waals surface area contributed by atoms with Crippen LogP contribution in [-0.2, 0) is 14.4 Å². The molecular formula is C24H22O11. The zero-order valence-corrected chi connectivity index (χ0v) is 19.8. The maximum absolute atomic E-state index is 13.5. The quantitative estimate of drug-likeness (QED) is 0.359. The van der Waals surface area contributed by atoms with Crippen molar-refractivity contribution in [3.8, 4) is 45.8 Å². The summed E-state index contributed by atoms with van der Waals surface area (Å²) in [7, 11) is 3.90. The molecule has 11 nitrogen and oxygen atoms in total. The molecule has 0 aliphatic carbocycles. The van der Waals surface area contributed by atoms with Gasteiger partial charge in [-0.2, -0.15) is 0 Å². The average Bonchev–Trinajstić information content (AvgIpc) is 2.78. The van der Waals surface area contributed by atoms with Crippen molar-refractivity contribution in [2.75, 3.05) is 21.3 Å². The Hall–Kier alpha value is -4.54. The lowest BCUT2D eigenvalue weighted by Gasteiger charge is -2.16. The highest BCUT2D eigenvalue weighted by Gasteiger charge is 2.27. The highest BCUT2D eigenvalue weighted by molar-refractivity contribution is 5.94. The second-order valence-corrected chi connectivity index (χ2v) is 7.05. The van der Waals surface area contributed by atoms with Crippen LogP contribution in [0.3, 0.4) is 0 Å². The molecule has 0 fully saturated rings. The standard InChI is InChI=1S/C24H22O11/c1-11(25)32-15-8-7-14(9-16(15)29-4)21-24(31-6)20(28)19-17(35-21)10-18(33-12(2)26)22(30-5)23(19)34-13(3)27/h7-10H,1-6H3. The number of carbonyl (C=O) groups is 3. The lowest BCUT2D eigenvalue weighted by Crippen LogP contribution is -2.13. The lowest BCUT2D eigenvalue weighted by molar-refractivity contribution is -0.133. The minimum atomic E-state index is -0.752. The first-order chi connectivity index (χ1) is 16.6. The van der Waals surface area contributed by atoms with Gasteiger partial charge in [0, 0.05) is 32.4 Å². The van der Waals surface area contributed by atoms with E-state index in [1.54, 1.807) is 0 Å². The molecule has 0 saturated carbocycles. The van der Waals surface area contributed by atoms with Crippen LogP contribution in [0, 0.1) is 0 Å². The topological polar surface area (TPSA) is 137 Å². The number of carbonyl (C=O) groups excluding carboxylic acids is 3. The molecule has 184 valence electrons. The Bertz CT molecular complexity index is 1380. The van der Waals surface area contributed by atoms with Crippen molar-refractivity contribution in [2.45, 2.75) is 20.8 Å². The van der Waals surface area contributed by atoms with Crippen LogP contribution in [0.25, 0.3) is 22.3 Å². The third kappa shape index (κ3) is 5.03. The van der Waals surface area contributed by atoms with E-state index in [0.29, 0.717) is 5.56 Å². The summed E-state index contributed by atoms with van der Waals surface area (Å²) < 4.78 is 37.4. The highest BCUT2D eigenvalue weighted by Crippen LogP contribution is 2.45. The van der Waals surface area contributed by atoms with E-state index in [0.717, 1.165) is 6.92 Å². The van der Waals surface area contributed by atoms with Gasteiger partial charge in [-0.15, -0.1) is 0 Å². The first kappa shape index (κ1) is 25.1. The Morgan fingerprint density at radius 3 is 1.83 bits per heavy atom. The van der Waals surface area contributed by atoms with Gasteiger partial charge in [-0.1, -0.05) is 0 Å². The second kappa shape index (κ2) is 10.2. The van der Waals surface area contributed by atoms with Crippen molar-refractivity contribution < 1.29 is 47.2 Å². The van der Waals surface area contributed by atoms with Gasteiger partial charge in [-0.05, 0) is 18.2 Å². The van der Waals surface area contributed by atoms with E-state index in [1.165, 1.54) is 59.4 Å². The highest BCUT2D eigenvalue weighted by atomic mass is 16.6. The van der Waals surface area contributed by atoms with Gasteiger partial charge in [0.1, 0.15) is 11.0 Å². The first-order valence-corrected chi connectivity index (χ1v) is 10.1. The van der Waals surface area contributed by atoms with Crippen molar-refractivity contribution in [3.05, 3.63) is 34.5 Å². The maximum atomic E-state index is 13.5. The summed E-state index contributed by atoms with van der Waals surface area (Å²) in [5.41, 5.74) is -0.426. The summed E-state index contributed by atoms with van der Waals surface area (Å²) >= 11 is 0. The molecule has 0 amide bonds. The predicted octanol–water partition coefficient (Wildman–Crippen LogP) is 3.26. The van der Waals surface area contributed by atoms with Crippen molar-refractivity contribution in [1.29, 1.82) is 0 Å². The molecule has 35 heavy (non-hydrogen) atoms. The van der Waals surface area contributed by atoms with Crippen molar-refractivity contribution in [2.24, 2.45) is 0 Å². The molecule has 0 atom stereocenters. The van der Waals surface area contributed by atoms with E-state index in [-0.39, 0.29) is 51.2 Å². The molecule has 0 saturated heterocycles. The summed E-state index contributed by atoms with van der Waals surface area (Å²) in [6, 6.07) is 5.73. The lowest BCUT2D eigenvalue weighted by atomic mass is 10.1. The number of hydrogen-bond acceptors (Lipinski definition) is 11. The van der Waals surface area contributed by atoms with E-state index in [1.807, 2.05) is 0 Å². The molecule has 0 N–H and O–H groups in total. The molecule has 1 heterocycles. The third-order valence-electron chi connectivity index (χ3n) is 4.60. The Morgan fingerprint density at radius 1 is 0.686 bits per heavy atom. The molecule has 0 radical (unpaired) electrons. The fourth-order valence-electron chi connectivity index (χ4n) is 3.35. The van der Waals surface area contributed by atoms with Gasteiger partial charge < -0.3 is 32.8 Å².